The molecular formula is C16H19Cl2N3O. The smallest absolute Gasteiger partial charge is 0.257 e. The molecule has 1 amide bonds. The van der Waals surface area contributed by atoms with Crippen molar-refractivity contribution in [1.82, 2.24) is 4.90 Å². The first kappa shape index (κ1) is 15.8. The summed E-state index contributed by atoms with van der Waals surface area (Å²) in [6.45, 7) is 4.82. The van der Waals surface area contributed by atoms with Gasteiger partial charge in [-0.2, -0.15) is 5.10 Å². The standard InChI is InChI=1S/C16H19Cl2N3O/c1-11-13(10-20-7-3-2-4-8-20)16(22)21(19-11)12-5-6-14(17)15(18)9-12/h5-6,9,13H,2-4,7-8,10H2,1H3/t13-/m0/s1. The highest BCUT2D eigenvalue weighted by Gasteiger charge is 2.35. The van der Waals surface area contributed by atoms with Crippen molar-refractivity contribution in [3.8, 4) is 0 Å². The third-order valence-corrected chi connectivity index (χ3v) is 5.05. The minimum Gasteiger partial charge on any atom is -0.302 e. The SMILES string of the molecule is CC1=NN(c2ccc(Cl)c(Cl)c2)C(=O)[C@H]1CN1CCCCC1. The lowest BCUT2D eigenvalue weighted by Crippen LogP contribution is -2.40. The molecule has 1 aromatic rings. The fraction of sp³-hybridized carbons (Fsp3) is 0.500. The van der Waals surface area contributed by atoms with E-state index in [1.54, 1.807) is 18.2 Å². The van der Waals surface area contributed by atoms with Crippen molar-refractivity contribution in [2.75, 3.05) is 24.6 Å². The summed E-state index contributed by atoms with van der Waals surface area (Å²) < 4.78 is 0. The number of benzene rings is 1. The Morgan fingerprint density at radius 1 is 1.18 bits per heavy atom. The summed E-state index contributed by atoms with van der Waals surface area (Å²) in [7, 11) is 0. The molecule has 2 aliphatic heterocycles. The van der Waals surface area contributed by atoms with Crippen LogP contribution in [-0.4, -0.2) is 36.2 Å². The van der Waals surface area contributed by atoms with E-state index in [-0.39, 0.29) is 11.8 Å². The number of hydrazone groups is 1. The first-order valence-corrected chi connectivity index (χ1v) is 8.38. The van der Waals surface area contributed by atoms with Gasteiger partial charge in [0.1, 0.15) is 0 Å². The number of piperidine rings is 1. The van der Waals surface area contributed by atoms with Crippen LogP contribution < -0.4 is 5.01 Å². The van der Waals surface area contributed by atoms with Crippen LogP contribution in [0.5, 0.6) is 0 Å². The van der Waals surface area contributed by atoms with E-state index in [4.69, 9.17) is 23.2 Å². The van der Waals surface area contributed by atoms with Crippen LogP contribution in [0.3, 0.4) is 0 Å². The molecule has 22 heavy (non-hydrogen) atoms. The third-order valence-electron chi connectivity index (χ3n) is 4.31. The Balaban J connectivity index is 1.75. The number of amides is 1. The largest absolute Gasteiger partial charge is 0.302 e. The number of rotatable bonds is 3. The molecule has 0 bridgehead atoms. The normalized spacial score (nSPS) is 23.0. The monoisotopic (exact) mass is 339 g/mol. The molecule has 1 saturated heterocycles. The number of likely N-dealkylation sites (tertiary alicyclic amines) is 1. The number of hydrogen-bond acceptors (Lipinski definition) is 3. The number of carbonyl (C=O) groups is 1. The zero-order chi connectivity index (χ0) is 15.7. The van der Waals surface area contributed by atoms with Crippen LogP contribution in [0.15, 0.2) is 23.3 Å². The minimum absolute atomic E-state index is 0.0152. The van der Waals surface area contributed by atoms with Crippen molar-refractivity contribution in [2.24, 2.45) is 11.0 Å². The summed E-state index contributed by atoms with van der Waals surface area (Å²) in [5.41, 5.74) is 1.53. The van der Waals surface area contributed by atoms with Crippen LogP contribution in [0.25, 0.3) is 0 Å². The van der Waals surface area contributed by atoms with Gasteiger partial charge in [0.2, 0.25) is 0 Å². The van der Waals surface area contributed by atoms with Crippen LogP contribution >= 0.6 is 23.2 Å². The molecule has 118 valence electrons. The van der Waals surface area contributed by atoms with E-state index in [2.05, 4.69) is 10.0 Å². The molecule has 2 aliphatic rings. The van der Waals surface area contributed by atoms with Gasteiger partial charge >= 0.3 is 0 Å². The van der Waals surface area contributed by atoms with Gasteiger partial charge in [-0.1, -0.05) is 29.6 Å². The summed E-state index contributed by atoms with van der Waals surface area (Å²) in [6.07, 6.45) is 3.72. The van der Waals surface area contributed by atoms with Crippen LogP contribution in [-0.2, 0) is 4.79 Å². The van der Waals surface area contributed by atoms with E-state index in [1.807, 2.05) is 6.92 Å². The van der Waals surface area contributed by atoms with Gasteiger partial charge < -0.3 is 4.90 Å². The number of nitrogens with zero attached hydrogens (tertiary/aromatic N) is 3. The van der Waals surface area contributed by atoms with Crippen molar-refractivity contribution >= 4 is 40.5 Å². The van der Waals surface area contributed by atoms with Gasteiger partial charge in [0.25, 0.3) is 5.91 Å². The third kappa shape index (κ3) is 3.14. The summed E-state index contributed by atoms with van der Waals surface area (Å²) >= 11 is 12.0. The fourth-order valence-electron chi connectivity index (χ4n) is 3.02. The molecule has 1 aromatic carbocycles. The maximum atomic E-state index is 12.7. The van der Waals surface area contributed by atoms with Gasteiger partial charge in [0, 0.05) is 12.3 Å². The number of anilines is 1. The van der Waals surface area contributed by atoms with Crippen molar-refractivity contribution in [2.45, 2.75) is 26.2 Å². The Labute approximate surface area is 140 Å². The minimum atomic E-state index is -0.160. The zero-order valence-electron chi connectivity index (χ0n) is 12.6. The van der Waals surface area contributed by atoms with Gasteiger partial charge in [0.05, 0.1) is 21.7 Å². The van der Waals surface area contributed by atoms with Crippen LogP contribution in [0.4, 0.5) is 5.69 Å². The molecule has 6 heteroatoms. The first-order chi connectivity index (χ1) is 10.6. The second kappa shape index (κ2) is 6.57. The number of hydrogen-bond donors (Lipinski definition) is 0. The molecule has 0 saturated carbocycles. The summed E-state index contributed by atoms with van der Waals surface area (Å²) in [6, 6.07) is 5.14. The zero-order valence-corrected chi connectivity index (χ0v) is 14.1. The van der Waals surface area contributed by atoms with Crippen molar-refractivity contribution in [3.63, 3.8) is 0 Å². The van der Waals surface area contributed by atoms with Crippen molar-refractivity contribution in [1.29, 1.82) is 0 Å². The van der Waals surface area contributed by atoms with E-state index in [1.165, 1.54) is 24.3 Å². The molecular weight excluding hydrogens is 321 g/mol. The lowest BCUT2D eigenvalue weighted by molar-refractivity contribution is -0.120. The van der Waals surface area contributed by atoms with E-state index >= 15 is 0 Å². The first-order valence-electron chi connectivity index (χ1n) is 7.63. The average Bonchev–Trinajstić information content (AvgIpc) is 2.79. The van der Waals surface area contributed by atoms with Crippen molar-refractivity contribution < 1.29 is 4.79 Å². The predicted molar refractivity (Wildman–Crippen MR) is 90.8 cm³/mol. The second-order valence-corrected chi connectivity index (χ2v) is 6.72. The van der Waals surface area contributed by atoms with Gasteiger partial charge in [-0.3, -0.25) is 4.79 Å². The lowest BCUT2D eigenvalue weighted by Gasteiger charge is -2.28. The van der Waals surface area contributed by atoms with E-state index < -0.39 is 0 Å². The van der Waals surface area contributed by atoms with Gasteiger partial charge in [-0.25, -0.2) is 5.01 Å². The highest BCUT2D eigenvalue weighted by atomic mass is 35.5. The highest BCUT2D eigenvalue weighted by Crippen LogP contribution is 2.30. The number of carbonyl (C=O) groups excluding carboxylic acids is 1. The Hall–Kier alpha value is -1.10. The average molecular weight is 340 g/mol. The Morgan fingerprint density at radius 2 is 1.91 bits per heavy atom. The van der Waals surface area contributed by atoms with Crippen LogP contribution in [0.1, 0.15) is 26.2 Å². The van der Waals surface area contributed by atoms with E-state index in [0.29, 0.717) is 15.7 Å². The molecule has 4 nitrogen and oxygen atoms in total. The molecule has 0 unspecified atom stereocenters. The molecule has 1 fully saturated rings. The molecule has 0 N–H and O–H groups in total. The molecule has 1 atom stereocenters. The second-order valence-electron chi connectivity index (χ2n) is 5.90. The maximum Gasteiger partial charge on any atom is 0.257 e. The molecule has 0 aliphatic carbocycles. The quantitative estimate of drug-likeness (QED) is 0.839. The molecule has 3 rings (SSSR count). The summed E-state index contributed by atoms with van der Waals surface area (Å²) in [5, 5.41) is 6.78. The Kier molecular flexibility index (Phi) is 4.71. The predicted octanol–water partition coefficient (Wildman–Crippen LogP) is 3.82. The van der Waals surface area contributed by atoms with Gasteiger partial charge in [-0.15, -0.1) is 0 Å². The maximum absolute atomic E-state index is 12.7. The molecule has 0 radical (unpaired) electrons. The summed E-state index contributed by atoms with van der Waals surface area (Å²) in [5.74, 6) is -0.144. The topological polar surface area (TPSA) is 35.9 Å². The Bertz CT molecular complexity index is 611. The van der Waals surface area contributed by atoms with E-state index in [9.17, 15) is 4.79 Å². The van der Waals surface area contributed by atoms with Crippen molar-refractivity contribution in [3.05, 3.63) is 28.2 Å². The molecule has 0 aromatic heterocycles. The van der Waals surface area contributed by atoms with Crippen LogP contribution in [0.2, 0.25) is 10.0 Å². The van der Waals surface area contributed by atoms with Gasteiger partial charge in [-0.05, 0) is 51.1 Å². The lowest BCUT2D eigenvalue weighted by atomic mass is 10.0. The summed E-state index contributed by atoms with van der Waals surface area (Å²) in [4.78, 5) is 15.1. The van der Waals surface area contributed by atoms with E-state index in [0.717, 1.165) is 25.3 Å². The van der Waals surface area contributed by atoms with Crippen LogP contribution in [0, 0.1) is 5.92 Å². The number of halogens is 2. The van der Waals surface area contributed by atoms with Gasteiger partial charge in [0.15, 0.2) is 0 Å². The highest BCUT2D eigenvalue weighted by molar-refractivity contribution is 6.42. The fourth-order valence-corrected chi connectivity index (χ4v) is 3.31. The molecule has 2 heterocycles. The Morgan fingerprint density at radius 3 is 2.59 bits per heavy atom. The molecule has 0 spiro atoms.